The van der Waals surface area contributed by atoms with Crippen LogP contribution in [-0.4, -0.2) is 38.1 Å². The van der Waals surface area contributed by atoms with Crippen LogP contribution in [0.2, 0.25) is 0 Å². The molecule has 0 spiro atoms. The molecule has 1 amide bonds. The van der Waals surface area contributed by atoms with Gasteiger partial charge in [-0.1, -0.05) is 18.2 Å². The molecule has 0 fully saturated rings. The number of carbonyl (C=O) groups excluding carboxylic acids is 1. The smallest absolute Gasteiger partial charge is 0.416 e. The number of H-pyrrole nitrogens is 1. The molecule has 3 N–H and O–H groups in total. The zero-order chi connectivity index (χ0) is 21.2. The molecule has 2 heterocycles. The minimum atomic E-state index is -4.46. The molecule has 152 valence electrons. The number of alkyl halides is 3. The Labute approximate surface area is 164 Å². The standard InChI is InChI=1S/C17H13F3N4O4S/c18-17(19,20)10-3-1-2-9(4-10)7-29-12-5-11(25)14(15-22-8-23-24(12)15)16(28)21-6-13(26)27/h1-5,8H,6-7H2,(H,21,28)(H,22,23)(H,26,27). The van der Waals surface area contributed by atoms with Gasteiger partial charge in [-0.05, 0) is 11.6 Å². The second kappa shape index (κ2) is 7.99. The Balaban J connectivity index is 1.88. The molecule has 8 nitrogen and oxygen atoms in total. The molecule has 0 aliphatic heterocycles. The molecule has 0 saturated heterocycles. The number of aromatic amines is 1. The van der Waals surface area contributed by atoms with Gasteiger partial charge in [0.2, 0.25) is 0 Å². The highest BCUT2D eigenvalue weighted by Gasteiger charge is 2.30. The van der Waals surface area contributed by atoms with Crippen molar-refractivity contribution >= 4 is 29.3 Å². The van der Waals surface area contributed by atoms with E-state index in [1.54, 1.807) is 0 Å². The van der Waals surface area contributed by atoms with Crippen molar-refractivity contribution in [1.82, 2.24) is 19.9 Å². The zero-order valence-electron chi connectivity index (χ0n) is 14.5. The molecule has 0 aliphatic carbocycles. The van der Waals surface area contributed by atoms with Crippen LogP contribution in [-0.2, 0) is 16.7 Å². The predicted octanol–water partition coefficient (Wildman–Crippen LogP) is 2.15. The van der Waals surface area contributed by atoms with E-state index in [4.69, 9.17) is 5.11 Å². The van der Waals surface area contributed by atoms with Gasteiger partial charge in [0.1, 0.15) is 23.5 Å². The highest BCUT2D eigenvalue weighted by molar-refractivity contribution is 7.98. The number of benzene rings is 1. The number of carboxylic acid groups (broad SMARTS) is 1. The Kier molecular flexibility index (Phi) is 5.64. The molecular formula is C17H13F3N4O4S. The average Bonchev–Trinajstić information content (AvgIpc) is 3.13. The quantitative estimate of drug-likeness (QED) is 0.520. The Morgan fingerprint density at radius 3 is 2.72 bits per heavy atom. The number of halogens is 3. The van der Waals surface area contributed by atoms with Gasteiger partial charge in [0, 0.05) is 11.8 Å². The monoisotopic (exact) mass is 426 g/mol. The van der Waals surface area contributed by atoms with Crippen LogP contribution in [0.4, 0.5) is 13.2 Å². The lowest BCUT2D eigenvalue weighted by molar-refractivity contribution is -0.138. The third-order valence-corrected chi connectivity index (χ3v) is 4.87. The lowest BCUT2D eigenvalue weighted by atomic mass is 10.1. The van der Waals surface area contributed by atoms with Gasteiger partial charge in [-0.15, -0.1) is 11.8 Å². The van der Waals surface area contributed by atoms with Gasteiger partial charge in [0.05, 0.1) is 5.56 Å². The van der Waals surface area contributed by atoms with E-state index in [1.807, 2.05) is 0 Å². The van der Waals surface area contributed by atoms with Gasteiger partial charge in [-0.2, -0.15) is 13.2 Å². The van der Waals surface area contributed by atoms with Crippen LogP contribution < -0.4 is 10.7 Å². The molecule has 0 atom stereocenters. The number of amides is 1. The Bertz CT molecular complexity index is 1140. The highest BCUT2D eigenvalue weighted by atomic mass is 32.2. The van der Waals surface area contributed by atoms with Crippen molar-refractivity contribution in [3.05, 3.63) is 63.6 Å². The molecule has 3 aromatic rings. The number of hydrogen-bond acceptors (Lipinski definition) is 5. The molecular weight excluding hydrogens is 413 g/mol. The van der Waals surface area contributed by atoms with E-state index in [2.05, 4.69) is 15.4 Å². The first-order valence-electron chi connectivity index (χ1n) is 8.05. The van der Waals surface area contributed by atoms with Gasteiger partial charge < -0.3 is 10.4 Å². The second-order valence-electron chi connectivity index (χ2n) is 5.83. The number of thioether (sulfide) groups is 1. The van der Waals surface area contributed by atoms with E-state index in [-0.39, 0.29) is 17.0 Å². The van der Waals surface area contributed by atoms with Crippen LogP contribution in [0.15, 0.2) is 46.5 Å². The van der Waals surface area contributed by atoms with Gasteiger partial charge in [0.25, 0.3) is 5.91 Å². The van der Waals surface area contributed by atoms with E-state index >= 15 is 0 Å². The fourth-order valence-corrected chi connectivity index (χ4v) is 3.48. The number of carboxylic acids is 1. The predicted molar refractivity (Wildman–Crippen MR) is 96.8 cm³/mol. The van der Waals surface area contributed by atoms with Crippen molar-refractivity contribution in [3.63, 3.8) is 0 Å². The summed E-state index contributed by atoms with van der Waals surface area (Å²) in [6, 6.07) is 5.96. The van der Waals surface area contributed by atoms with E-state index < -0.39 is 35.6 Å². The van der Waals surface area contributed by atoms with Crippen molar-refractivity contribution in [3.8, 4) is 0 Å². The summed E-state index contributed by atoms with van der Waals surface area (Å²) in [4.78, 5) is 39.1. The summed E-state index contributed by atoms with van der Waals surface area (Å²) in [7, 11) is 0. The van der Waals surface area contributed by atoms with E-state index in [0.717, 1.165) is 30.0 Å². The summed E-state index contributed by atoms with van der Waals surface area (Å²) < 4.78 is 39.9. The molecule has 0 saturated carbocycles. The molecule has 0 aliphatic rings. The fraction of sp³-hybridized carbons (Fsp3) is 0.176. The number of hydrogen-bond donors (Lipinski definition) is 3. The topological polar surface area (TPSA) is 117 Å². The van der Waals surface area contributed by atoms with Crippen molar-refractivity contribution in [2.75, 3.05) is 6.54 Å². The summed E-state index contributed by atoms with van der Waals surface area (Å²) >= 11 is 1.08. The molecule has 29 heavy (non-hydrogen) atoms. The number of fused-ring (bicyclic) bond motifs is 1. The summed E-state index contributed by atoms with van der Waals surface area (Å²) in [5.74, 6) is -2.03. The Morgan fingerprint density at radius 2 is 2.03 bits per heavy atom. The largest absolute Gasteiger partial charge is 0.480 e. The number of rotatable bonds is 6. The highest BCUT2D eigenvalue weighted by Crippen LogP contribution is 2.31. The van der Waals surface area contributed by atoms with Crippen LogP contribution in [0.25, 0.3) is 5.65 Å². The first kappa shape index (κ1) is 20.5. The van der Waals surface area contributed by atoms with Crippen LogP contribution in [0.5, 0.6) is 0 Å². The summed E-state index contributed by atoms with van der Waals surface area (Å²) in [6.07, 6.45) is -3.23. The number of pyridine rings is 1. The van der Waals surface area contributed by atoms with E-state index in [9.17, 15) is 27.6 Å². The van der Waals surface area contributed by atoms with Crippen molar-refractivity contribution in [2.45, 2.75) is 17.0 Å². The SMILES string of the molecule is O=C(O)CNC(=O)c1c(=O)cc(SCc2cccc(C(F)(F)F)c2)n2[nH]cnc12. The minimum absolute atomic E-state index is 0.0214. The number of nitrogens with zero attached hydrogens (tertiary/aromatic N) is 2. The molecule has 0 unspecified atom stereocenters. The summed E-state index contributed by atoms with van der Waals surface area (Å²) in [6.45, 7) is -0.666. The van der Waals surface area contributed by atoms with Crippen LogP contribution in [0, 0.1) is 0 Å². The lowest BCUT2D eigenvalue weighted by Crippen LogP contribution is -2.33. The maximum atomic E-state index is 12.8. The summed E-state index contributed by atoms with van der Waals surface area (Å²) in [5.41, 5.74) is -1.42. The first-order valence-corrected chi connectivity index (χ1v) is 9.03. The van der Waals surface area contributed by atoms with Gasteiger partial charge in [0.15, 0.2) is 11.1 Å². The van der Waals surface area contributed by atoms with Crippen molar-refractivity contribution in [1.29, 1.82) is 0 Å². The zero-order valence-corrected chi connectivity index (χ0v) is 15.3. The molecule has 2 aromatic heterocycles. The van der Waals surface area contributed by atoms with Gasteiger partial charge >= 0.3 is 12.1 Å². The normalized spacial score (nSPS) is 11.6. The molecule has 0 bridgehead atoms. The van der Waals surface area contributed by atoms with Gasteiger partial charge in [-0.25, -0.2) is 9.50 Å². The number of aliphatic carboxylic acids is 1. The molecule has 1 aromatic carbocycles. The number of carbonyl (C=O) groups is 2. The maximum Gasteiger partial charge on any atom is 0.416 e. The molecule has 0 radical (unpaired) electrons. The molecule has 12 heteroatoms. The van der Waals surface area contributed by atoms with E-state index in [1.165, 1.54) is 23.0 Å². The maximum absolute atomic E-state index is 12.8. The molecule has 3 rings (SSSR count). The number of nitrogens with one attached hydrogen (secondary N) is 2. The third-order valence-electron chi connectivity index (χ3n) is 3.80. The van der Waals surface area contributed by atoms with Gasteiger partial charge in [-0.3, -0.25) is 19.5 Å². The Hall–Kier alpha value is -3.28. The Morgan fingerprint density at radius 1 is 1.28 bits per heavy atom. The van der Waals surface area contributed by atoms with Crippen molar-refractivity contribution in [2.24, 2.45) is 0 Å². The fourth-order valence-electron chi connectivity index (χ4n) is 2.53. The average molecular weight is 426 g/mol. The summed E-state index contributed by atoms with van der Waals surface area (Å²) in [5, 5.41) is 13.8. The van der Waals surface area contributed by atoms with E-state index in [0.29, 0.717) is 10.6 Å². The number of aromatic nitrogens is 3. The van der Waals surface area contributed by atoms with Crippen LogP contribution in [0.3, 0.4) is 0 Å². The second-order valence-corrected chi connectivity index (χ2v) is 6.83. The van der Waals surface area contributed by atoms with Crippen molar-refractivity contribution < 1.29 is 27.9 Å². The lowest BCUT2D eigenvalue weighted by Gasteiger charge is -2.10. The van der Waals surface area contributed by atoms with Crippen LogP contribution in [0.1, 0.15) is 21.5 Å². The van der Waals surface area contributed by atoms with Crippen LogP contribution >= 0.6 is 11.8 Å². The minimum Gasteiger partial charge on any atom is -0.480 e. The third kappa shape index (κ3) is 4.59. The first-order chi connectivity index (χ1) is 13.7.